The molecule has 1 aliphatic carbocycles. The maximum atomic E-state index is 12.4. The highest BCUT2D eigenvalue weighted by Crippen LogP contribution is 2.26. The molecule has 6 atom stereocenters. The smallest absolute Gasteiger partial charge is 0.190 e. The van der Waals surface area contributed by atoms with E-state index in [1.807, 2.05) is 6.92 Å². The predicted molar refractivity (Wildman–Crippen MR) is 78.8 cm³/mol. The summed E-state index contributed by atoms with van der Waals surface area (Å²) in [5, 5.41) is 19.9. The van der Waals surface area contributed by atoms with Gasteiger partial charge in [-0.2, -0.15) is 0 Å². The molecule has 2 aliphatic rings. The van der Waals surface area contributed by atoms with Crippen LogP contribution in [0.25, 0.3) is 0 Å². The van der Waals surface area contributed by atoms with Crippen molar-refractivity contribution in [3.8, 4) is 0 Å². The van der Waals surface area contributed by atoms with Crippen molar-refractivity contribution in [1.29, 1.82) is 0 Å². The van der Waals surface area contributed by atoms with Gasteiger partial charge < -0.3 is 14.8 Å². The van der Waals surface area contributed by atoms with Crippen molar-refractivity contribution in [2.45, 2.75) is 43.8 Å². The minimum atomic E-state index is -0.855. The summed E-state index contributed by atoms with van der Waals surface area (Å²) in [7, 11) is 0. The van der Waals surface area contributed by atoms with Crippen LogP contribution in [0.2, 0.25) is 0 Å². The van der Waals surface area contributed by atoms with Crippen LogP contribution in [0, 0.1) is 11.1 Å². The number of carbonyl (C=O) groups excluding carboxylic acids is 1. The highest BCUT2D eigenvalue weighted by Gasteiger charge is 2.40. The predicted octanol–water partition coefficient (Wildman–Crippen LogP) is -2.22. The van der Waals surface area contributed by atoms with E-state index in [1.165, 1.54) is 0 Å². The number of hydrogen-bond acceptors (Lipinski definition) is 6. The number of carbonyl (C=O) groups is 1. The zero-order chi connectivity index (χ0) is 15.4. The van der Waals surface area contributed by atoms with Crippen LogP contribution < -0.4 is 15.9 Å². The summed E-state index contributed by atoms with van der Waals surface area (Å²) in [6.07, 6.45) is 1.52. The van der Waals surface area contributed by atoms with Crippen LogP contribution >= 0.6 is 11.8 Å². The van der Waals surface area contributed by atoms with Gasteiger partial charge in [-0.3, -0.25) is 10.5 Å². The molecule has 7 nitrogen and oxygen atoms in total. The first-order valence-corrected chi connectivity index (χ1v) is 8.66. The lowest BCUT2D eigenvalue weighted by Gasteiger charge is -2.37. The van der Waals surface area contributed by atoms with Crippen LogP contribution in [0.1, 0.15) is 26.2 Å². The number of ketones is 1. The van der Waals surface area contributed by atoms with E-state index in [9.17, 15) is 15.2 Å². The minimum absolute atomic E-state index is 0.0241. The van der Waals surface area contributed by atoms with E-state index in [0.29, 0.717) is 26.0 Å². The lowest BCUT2D eigenvalue weighted by Crippen LogP contribution is -3.16. The number of ether oxygens (including phenoxy) is 1. The van der Waals surface area contributed by atoms with Crippen molar-refractivity contribution < 1.29 is 24.9 Å². The van der Waals surface area contributed by atoms with Gasteiger partial charge in [0.1, 0.15) is 18.7 Å². The van der Waals surface area contributed by atoms with Crippen LogP contribution in [0.3, 0.4) is 0 Å². The van der Waals surface area contributed by atoms with Gasteiger partial charge in [-0.05, 0) is 19.8 Å². The van der Waals surface area contributed by atoms with Gasteiger partial charge in [-0.1, -0.05) is 11.8 Å². The summed E-state index contributed by atoms with van der Waals surface area (Å²) >= 11 is 1.68. The fraction of sp³-hybridized carbons (Fsp3) is 0.923. The van der Waals surface area contributed by atoms with Crippen LogP contribution in [-0.4, -0.2) is 54.1 Å². The topological polar surface area (TPSA) is 104 Å². The molecule has 0 spiro atoms. The minimum Gasteiger partial charge on any atom is -0.600 e. The maximum Gasteiger partial charge on any atom is 0.190 e. The fourth-order valence-corrected chi connectivity index (χ4v) is 4.31. The van der Waals surface area contributed by atoms with Crippen LogP contribution in [0.4, 0.5) is 0 Å². The number of Topliss-reactive ketones (excluding diaryl/α,β-unsaturated/α-hetero) is 1. The summed E-state index contributed by atoms with van der Waals surface area (Å²) in [5.74, 6) is 0.982. The van der Waals surface area contributed by atoms with Gasteiger partial charge in [-0.25, -0.2) is 10.4 Å². The molecule has 5 N–H and O–H groups in total. The average molecular weight is 320 g/mol. The molecule has 0 aromatic carbocycles. The molecule has 1 saturated heterocycles. The lowest BCUT2D eigenvalue weighted by molar-refractivity contribution is -1.07. The number of thioether (sulfide) groups is 1. The number of hydroxylamine groups is 2. The molecule has 0 aromatic rings. The zero-order valence-corrected chi connectivity index (χ0v) is 13.2. The first-order chi connectivity index (χ1) is 10.0. The molecule has 1 aliphatic heterocycles. The lowest BCUT2D eigenvalue weighted by atomic mass is 9.81. The summed E-state index contributed by atoms with van der Waals surface area (Å²) < 4.78 is 5.51. The van der Waals surface area contributed by atoms with Crippen LogP contribution in [-0.2, 0) is 9.53 Å². The van der Waals surface area contributed by atoms with E-state index in [4.69, 9.17) is 10.5 Å². The second kappa shape index (κ2) is 7.87. The molecule has 2 rings (SSSR count). The van der Waals surface area contributed by atoms with E-state index in [0.717, 1.165) is 23.6 Å². The highest BCUT2D eigenvalue weighted by molar-refractivity contribution is 7.99. The highest BCUT2D eigenvalue weighted by atomic mass is 32.2. The van der Waals surface area contributed by atoms with Crippen molar-refractivity contribution in [2.24, 2.45) is 11.7 Å². The third-order valence-corrected chi connectivity index (χ3v) is 5.60. The van der Waals surface area contributed by atoms with Gasteiger partial charge in [0.25, 0.3) is 0 Å². The third kappa shape index (κ3) is 4.38. The van der Waals surface area contributed by atoms with Gasteiger partial charge in [0.2, 0.25) is 0 Å². The Bertz CT molecular complexity index is 358. The van der Waals surface area contributed by atoms with Crippen molar-refractivity contribution >= 4 is 17.5 Å². The molecule has 0 amide bonds. The van der Waals surface area contributed by atoms with Gasteiger partial charge >= 0.3 is 0 Å². The van der Waals surface area contributed by atoms with Crippen molar-refractivity contribution in [2.75, 3.05) is 25.4 Å². The fourth-order valence-electron chi connectivity index (χ4n) is 3.24. The van der Waals surface area contributed by atoms with Crippen LogP contribution in [0.15, 0.2) is 0 Å². The largest absolute Gasteiger partial charge is 0.600 e. The molecule has 0 radical (unpaired) electrons. The molecule has 1 heterocycles. The van der Waals surface area contributed by atoms with Crippen LogP contribution in [0.5, 0.6) is 0 Å². The Kier molecular flexibility index (Phi) is 6.42. The van der Waals surface area contributed by atoms with Gasteiger partial charge in [0, 0.05) is 24.7 Å². The number of rotatable bonds is 6. The number of quaternary nitrogens is 2. The normalized spacial score (nSPS) is 38.4. The Morgan fingerprint density at radius 1 is 1.57 bits per heavy atom. The second-order valence-corrected chi connectivity index (χ2v) is 7.04. The Morgan fingerprint density at radius 2 is 2.33 bits per heavy atom. The van der Waals surface area contributed by atoms with E-state index >= 15 is 0 Å². The van der Waals surface area contributed by atoms with Crippen molar-refractivity contribution in [3.63, 3.8) is 0 Å². The molecule has 0 bridgehead atoms. The molecule has 0 aromatic heterocycles. The van der Waals surface area contributed by atoms with E-state index in [2.05, 4.69) is 0 Å². The van der Waals surface area contributed by atoms with E-state index < -0.39 is 11.3 Å². The molecule has 122 valence electrons. The number of nitrogens with one attached hydrogen (secondary N) is 2. The van der Waals surface area contributed by atoms with E-state index in [1.54, 1.807) is 11.8 Å². The zero-order valence-electron chi connectivity index (χ0n) is 12.4. The molecule has 21 heavy (non-hydrogen) atoms. The maximum absolute atomic E-state index is 12.4. The van der Waals surface area contributed by atoms with Crippen molar-refractivity contribution in [1.82, 2.24) is 0 Å². The summed E-state index contributed by atoms with van der Waals surface area (Å²) in [6.45, 7) is 3.71. The standard InChI is InChI=1S/C13H25N3O4S/c1-2-20-12-4-3-9(7-10(12)16(18)19)11(17)8-15-5-6-21-13(15)14/h9-10,12-13,16,18H,2-8,14H2,1H3/p+1. The molecule has 1 saturated carbocycles. The first kappa shape index (κ1) is 17.1. The van der Waals surface area contributed by atoms with Gasteiger partial charge in [0.05, 0.1) is 6.54 Å². The molecular weight excluding hydrogens is 294 g/mol. The summed E-state index contributed by atoms with van der Waals surface area (Å²) in [5.41, 5.74) is 5.93. The van der Waals surface area contributed by atoms with Gasteiger partial charge in [0.15, 0.2) is 11.3 Å². The monoisotopic (exact) mass is 320 g/mol. The quantitative estimate of drug-likeness (QED) is 0.413. The Morgan fingerprint density at radius 3 is 2.90 bits per heavy atom. The molecule has 6 unspecified atom stereocenters. The Balaban J connectivity index is 1.90. The average Bonchev–Trinajstić information content (AvgIpc) is 2.84. The summed E-state index contributed by atoms with van der Waals surface area (Å²) in [4.78, 5) is 13.5. The Labute approximate surface area is 129 Å². The van der Waals surface area contributed by atoms with E-state index in [-0.39, 0.29) is 23.3 Å². The van der Waals surface area contributed by atoms with Gasteiger partial charge in [-0.15, -0.1) is 0 Å². The Hall–Kier alpha value is -0.220. The molecule has 2 fully saturated rings. The summed E-state index contributed by atoms with van der Waals surface area (Å²) in [6, 6.07) is -0.565. The number of nitrogens with two attached hydrogens (primary N) is 1. The molecular formula is C13H26N3O4S+. The van der Waals surface area contributed by atoms with Crippen molar-refractivity contribution in [3.05, 3.63) is 5.21 Å². The SMILES string of the molecule is CCOC1CCC(C(=O)C[NH+]2CCSC2N)CC1[NH+]([O-])O. The second-order valence-electron chi connectivity index (χ2n) is 5.79. The molecule has 8 heteroatoms. The number of hydrogen-bond donors (Lipinski definition) is 4. The first-order valence-electron chi connectivity index (χ1n) is 7.61. The third-order valence-electron chi connectivity index (χ3n) is 4.46.